The first-order valence-corrected chi connectivity index (χ1v) is 9.56. The molecule has 2 fully saturated rings. The van der Waals surface area contributed by atoms with Crippen LogP contribution in [0.3, 0.4) is 0 Å². The third-order valence-electron chi connectivity index (χ3n) is 5.39. The molecular weight excluding hydrogens is 314 g/mol. The van der Waals surface area contributed by atoms with Crippen LogP contribution in [0.25, 0.3) is 0 Å². The Kier molecular flexibility index (Phi) is 6.70. The highest BCUT2D eigenvalue weighted by atomic mass is 16.5. The molecule has 25 heavy (non-hydrogen) atoms. The Hall–Kier alpha value is -1.59. The molecule has 2 aliphatic rings. The third kappa shape index (κ3) is 5.44. The summed E-state index contributed by atoms with van der Waals surface area (Å²) in [6.45, 7) is 5.56. The van der Waals surface area contributed by atoms with Gasteiger partial charge in [-0.15, -0.1) is 0 Å². The van der Waals surface area contributed by atoms with E-state index in [0.29, 0.717) is 12.5 Å². The highest BCUT2D eigenvalue weighted by molar-refractivity contribution is 5.74. The van der Waals surface area contributed by atoms with E-state index in [9.17, 15) is 4.79 Å². The SMILES string of the molecule is CO[C@H]1CCCN(C(=O)NC[C@H]2CCCN(Cc3ccccc3)C2)C1. The highest BCUT2D eigenvalue weighted by Gasteiger charge is 2.25. The molecule has 2 atom stereocenters. The minimum atomic E-state index is 0.0712. The van der Waals surface area contributed by atoms with Gasteiger partial charge in [0, 0.05) is 39.8 Å². The van der Waals surface area contributed by atoms with Gasteiger partial charge in [0.25, 0.3) is 0 Å². The molecule has 0 spiro atoms. The van der Waals surface area contributed by atoms with Gasteiger partial charge in [-0.05, 0) is 43.7 Å². The number of carbonyl (C=O) groups is 1. The lowest BCUT2D eigenvalue weighted by atomic mass is 9.97. The Morgan fingerprint density at radius 2 is 1.96 bits per heavy atom. The van der Waals surface area contributed by atoms with Crippen LogP contribution in [0.2, 0.25) is 0 Å². The van der Waals surface area contributed by atoms with Gasteiger partial charge in [-0.25, -0.2) is 4.79 Å². The smallest absolute Gasteiger partial charge is 0.317 e. The number of ether oxygens (including phenoxy) is 1. The Balaban J connectivity index is 1.42. The second-order valence-electron chi connectivity index (χ2n) is 7.36. The monoisotopic (exact) mass is 345 g/mol. The van der Waals surface area contributed by atoms with Gasteiger partial charge in [0.15, 0.2) is 0 Å². The van der Waals surface area contributed by atoms with Crippen LogP contribution < -0.4 is 5.32 Å². The van der Waals surface area contributed by atoms with Crippen molar-refractivity contribution in [2.45, 2.75) is 38.3 Å². The second kappa shape index (κ2) is 9.20. The van der Waals surface area contributed by atoms with Crippen LogP contribution in [0.15, 0.2) is 30.3 Å². The standard InChI is InChI=1S/C20H31N3O2/c1-25-19-10-6-12-23(16-19)20(24)21-13-18-9-5-11-22(15-18)14-17-7-3-2-4-8-17/h2-4,7-8,18-19H,5-6,9-16H2,1H3,(H,21,24)/t18-,19+/m1/s1. The maximum Gasteiger partial charge on any atom is 0.317 e. The van der Waals surface area contributed by atoms with Crippen LogP contribution >= 0.6 is 0 Å². The number of rotatable bonds is 5. The zero-order valence-electron chi connectivity index (χ0n) is 15.3. The van der Waals surface area contributed by atoms with E-state index in [2.05, 4.69) is 40.5 Å². The van der Waals surface area contributed by atoms with Gasteiger partial charge in [0.05, 0.1) is 6.10 Å². The van der Waals surface area contributed by atoms with E-state index in [4.69, 9.17) is 4.74 Å². The predicted octanol–water partition coefficient (Wildman–Crippen LogP) is 2.72. The van der Waals surface area contributed by atoms with Gasteiger partial charge in [0.2, 0.25) is 0 Å². The van der Waals surface area contributed by atoms with E-state index < -0.39 is 0 Å². The largest absolute Gasteiger partial charge is 0.380 e. The van der Waals surface area contributed by atoms with Crippen molar-refractivity contribution in [2.75, 3.05) is 39.8 Å². The zero-order chi connectivity index (χ0) is 17.5. The molecule has 0 aromatic heterocycles. The van der Waals surface area contributed by atoms with E-state index in [1.165, 1.54) is 18.4 Å². The van der Waals surface area contributed by atoms with Crippen molar-refractivity contribution in [1.29, 1.82) is 0 Å². The van der Waals surface area contributed by atoms with Crippen molar-refractivity contribution in [2.24, 2.45) is 5.92 Å². The average molecular weight is 345 g/mol. The van der Waals surface area contributed by atoms with Gasteiger partial charge in [-0.1, -0.05) is 30.3 Å². The maximum atomic E-state index is 12.4. The van der Waals surface area contributed by atoms with E-state index in [1.807, 2.05) is 4.90 Å². The molecule has 2 amide bonds. The van der Waals surface area contributed by atoms with E-state index in [-0.39, 0.29) is 12.1 Å². The van der Waals surface area contributed by atoms with Crippen molar-refractivity contribution in [3.8, 4) is 0 Å². The quantitative estimate of drug-likeness (QED) is 0.892. The van der Waals surface area contributed by atoms with Crippen LogP contribution in [0.4, 0.5) is 4.79 Å². The molecule has 1 aromatic rings. The fraction of sp³-hybridized carbons (Fsp3) is 0.650. The molecule has 138 valence electrons. The summed E-state index contributed by atoms with van der Waals surface area (Å²) < 4.78 is 5.41. The van der Waals surface area contributed by atoms with Gasteiger partial charge >= 0.3 is 6.03 Å². The summed E-state index contributed by atoms with van der Waals surface area (Å²) in [5.41, 5.74) is 1.37. The summed E-state index contributed by atoms with van der Waals surface area (Å²) in [4.78, 5) is 16.8. The number of carbonyl (C=O) groups excluding carboxylic acids is 1. The molecule has 2 heterocycles. The van der Waals surface area contributed by atoms with Crippen molar-refractivity contribution >= 4 is 6.03 Å². The Labute approximate surface area is 151 Å². The lowest BCUT2D eigenvalue weighted by Gasteiger charge is -2.35. The van der Waals surface area contributed by atoms with E-state index >= 15 is 0 Å². The van der Waals surface area contributed by atoms with E-state index in [1.54, 1.807) is 7.11 Å². The number of hydrogen-bond donors (Lipinski definition) is 1. The lowest BCUT2D eigenvalue weighted by molar-refractivity contribution is 0.0431. The maximum absolute atomic E-state index is 12.4. The molecule has 3 rings (SSSR count). The lowest BCUT2D eigenvalue weighted by Crippen LogP contribution is -2.49. The fourth-order valence-corrected chi connectivity index (χ4v) is 3.96. The van der Waals surface area contributed by atoms with Crippen LogP contribution in [0.5, 0.6) is 0 Å². The van der Waals surface area contributed by atoms with Crippen molar-refractivity contribution in [3.05, 3.63) is 35.9 Å². The molecule has 2 aliphatic heterocycles. The molecule has 1 N–H and O–H groups in total. The van der Waals surface area contributed by atoms with Crippen LogP contribution in [0, 0.1) is 5.92 Å². The highest BCUT2D eigenvalue weighted by Crippen LogP contribution is 2.18. The number of likely N-dealkylation sites (tertiary alicyclic amines) is 2. The predicted molar refractivity (Wildman–Crippen MR) is 99.4 cm³/mol. The van der Waals surface area contributed by atoms with Crippen LogP contribution in [-0.4, -0.2) is 61.8 Å². The van der Waals surface area contributed by atoms with Gasteiger partial charge in [-0.3, -0.25) is 4.90 Å². The minimum Gasteiger partial charge on any atom is -0.380 e. The number of urea groups is 1. The number of benzene rings is 1. The first-order chi connectivity index (χ1) is 12.2. The van der Waals surface area contributed by atoms with Crippen molar-refractivity contribution in [1.82, 2.24) is 15.1 Å². The average Bonchev–Trinajstić information content (AvgIpc) is 2.67. The number of nitrogens with zero attached hydrogens (tertiary/aromatic N) is 2. The summed E-state index contributed by atoms with van der Waals surface area (Å²) in [5, 5.41) is 3.16. The number of piperidine rings is 2. The molecule has 1 aromatic carbocycles. The first-order valence-electron chi connectivity index (χ1n) is 9.56. The summed E-state index contributed by atoms with van der Waals surface area (Å²) in [5.74, 6) is 0.546. The van der Waals surface area contributed by atoms with Crippen LogP contribution in [0.1, 0.15) is 31.2 Å². The van der Waals surface area contributed by atoms with Crippen molar-refractivity contribution < 1.29 is 9.53 Å². The molecule has 0 radical (unpaired) electrons. The molecule has 0 unspecified atom stereocenters. The molecule has 5 heteroatoms. The van der Waals surface area contributed by atoms with Crippen LogP contribution in [-0.2, 0) is 11.3 Å². The zero-order valence-corrected chi connectivity index (χ0v) is 15.3. The number of hydrogen-bond acceptors (Lipinski definition) is 3. The summed E-state index contributed by atoms with van der Waals surface area (Å²) >= 11 is 0. The number of amides is 2. The third-order valence-corrected chi connectivity index (χ3v) is 5.39. The second-order valence-corrected chi connectivity index (χ2v) is 7.36. The molecule has 2 saturated heterocycles. The summed E-state index contributed by atoms with van der Waals surface area (Å²) in [6.07, 6.45) is 4.68. The van der Waals surface area contributed by atoms with Gasteiger partial charge in [-0.2, -0.15) is 0 Å². The summed E-state index contributed by atoms with van der Waals surface area (Å²) in [6, 6.07) is 10.7. The Morgan fingerprint density at radius 3 is 2.76 bits per heavy atom. The van der Waals surface area contributed by atoms with E-state index in [0.717, 1.165) is 45.6 Å². The molecular formula is C20H31N3O2. The topological polar surface area (TPSA) is 44.8 Å². The fourth-order valence-electron chi connectivity index (χ4n) is 3.96. The van der Waals surface area contributed by atoms with Crippen molar-refractivity contribution in [3.63, 3.8) is 0 Å². The molecule has 0 aliphatic carbocycles. The normalized spacial score (nSPS) is 24.9. The summed E-state index contributed by atoms with van der Waals surface area (Å²) in [7, 11) is 1.73. The van der Waals surface area contributed by atoms with Gasteiger partial charge < -0.3 is 15.0 Å². The Bertz CT molecular complexity index is 537. The molecule has 5 nitrogen and oxygen atoms in total. The number of nitrogens with one attached hydrogen (secondary N) is 1. The first kappa shape index (κ1) is 18.2. The molecule has 0 bridgehead atoms. The number of methoxy groups -OCH3 is 1. The molecule has 0 saturated carbocycles. The Morgan fingerprint density at radius 1 is 1.16 bits per heavy atom. The van der Waals surface area contributed by atoms with Gasteiger partial charge in [0.1, 0.15) is 0 Å². The minimum absolute atomic E-state index is 0.0712.